The number of likely N-dealkylation sites (N-methyl/N-ethyl adjacent to an activating group) is 1. The third-order valence-corrected chi connectivity index (χ3v) is 5.48. The zero-order chi connectivity index (χ0) is 23.1. The fraction of sp³-hybridized carbons (Fsp3) is 0.250. The van der Waals surface area contributed by atoms with Gasteiger partial charge in [0.2, 0.25) is 5.91 Å². The second-order valence-electron chi connectivity index (χ2n) is 7.24. The van der Waals surface area contributed by atoms with Crippen molar-refractivity contribution in [3.63, 3.8) is 0 Å². The first-order chi connectivity index (χ1) is 15.5. The molecular weight excluding hydrogens is 428 g/mol. The predicted octanol–water partition coefficient (Wildman–Crippen LogP) is 4.00. The lowest BCUT2D eigenvalue weighted by atomic mass is 9.89. The van der Waals surface area contributed by atoms with Crippen molar-refractivity contribution in [3.8, 4) is 22.9 Å². The Morgan fingerprint density at radius 3 is 2.66 bits per heavy atom. The minimum Gasteiger partial charge on any atom is -0.487 e. The molecule has 1 aromatic heterocycles. The quantitative estimate of drug-likeness (QED) is 0.497. The number of rotatable bonds is 9. The lowest BCUT2D eigenvalue weighted by Crippen LogP contribution is -2.26. The van der Waals surface area contributed by atoms with E-state index >= 15 is 0 Å². The van der Waals surface area contributed by atoms with Crippen LogP contribution < -0.4 is 10.1 Å². The molecule has 1 heterocycles. The van der Waals surface area contributed by atoms with E-state index in [0.717, 1.165) is 17.5 Å². The molecule has 2 aromatic carbocycles. The summed E-state index contributed by atoms with van der Waals surface area (Å²) >= 11 is 6.71. The molecule has 164 valence electrons. The molecule has 3 rings (SSSR count). The third-order valence-electron chi connectivity index (χ3n) is 5.06. The van der Waals surface area contributed by atoms with Crippen LogP contribution in [-0.4, -0.2) is 29.0 Å². The maximum atomic E-state index is 12.5. The summed E-state index contributed by atoms with van der Waals surface area (Å²) in [5.41, 5.74) is 3.15. The van der Waals surface area contributed by atoms with Gasteiger partial charge < -0.3 is 14.8 Å². The van der Waals surface area contributed by atoms with E-state index in [1.807, 2.05) is 43.6 Å². The first-order valence-electron chi connectivity index (χ1n) is 10.1. The summed E-state index contributed by atoms with van der Waals surface area (Å²) < 4.78 is 7.49. The summed E-state index contributed by atoms with van der Waals surface area (Å²) in [7, 11) is 3.38. The highest BCUT2D eigenvalue weighted by atomic mass is 35.5. The molecule has 1 unspecified atom stereocenters. The number of aryl methyl sites for hydroxylation is 1. The molecule has 1 atom stereocenters. The number of aromatic nitrogens is 2. The highest BCUT2D eigenvalue weighted by Crippen LogP contribution is 2.38. The highest BCUT2D eigenvalue weighted by molar-refractivity contribution is 6.34. The number of nitrogens with zero attached hydrogens (tertiary/aromatic N) is 3. The van der Waals surface area contributed by atoms with Gasteiger partial charge >= 0.3 is 0 Å². The van der Waals surface area contributed by atoms with Gasteiger partial charge in [-0.1, -0.05) is 23.7 Å². The van der Waals surface area contributed by atoms with Crippen LogP contribution in [0, 0.1) is 11.3 Å². The normalized spacial score (nSPS) is 11.4. The van der Waals surface area contributed by atoms with E-state index in [4.69, 9.17) is 16.3 Å². The molecule has 1 N–H and O–H groups in total. The number of aldehydes is 1. The van der Waals surface area contributed by atoms with E-state index in [1.54, 1.807) is 16.8 Å². The largest absolute Gasteiger partial charge is 0.487 e. The van der Waals surface area contributed by atoms with E-state index in [-0.39, 0.29) is 12.3 Å². The minimum atomic E-state index is -0.634. The number of carbonyl (C=O) groups is 2. The monoisotopic (exact) mass is 450 g/mol. The Hall–Kier alpha value is -3.63. The molecule has 0 fully saturated rings. The SMILES string of the molecule is CNC(=O)C(CCC=O)c1cc(C#N)cc(-c2ccc(OCc3ccn(C)n3)cc2)c1Cl. The van der Waals surface area contributed by atoms with Crippen LogP contribution in [0.2, 0.25) is 5.02 Å². The van der Waals surface area contributed by atoms with Crippen LogP contribution >= 0.6 is 11.6 Å². The van der Waals surface area contributed by atoms with E-state index in [0.29, 0.717) is 40.5 Å². The average molecular weight is 451 g/mol. The summed E-state index contributed by atoms with van der Waals surface area (Å²) in [6, 6.07) is 14.6. The van der Waals surface area contributed by atoms with Crippen LogP contribution in [0.3, 0.4) is 0 Å². The molecule has 0 aliphatic carbocycles. The fourth-order valence-electron chi connectivity index (χ4n) is 3.44. The minimum absolute atomic E-state index is 0.211. The zero-order valence-electron chi connectivity index (χ0n) is 17.8. The summed E-state index contributed by atoms with van der Waals surface area (Å²) in [4.78, 5) is 23.4. The van der Waals surface area contributed by atoms with Gasteiger partial charge in [0.1, 0.15) is 18.6 Å². The molecule has 0 aliphatic heterocycles. The van der Waals surface area contributed by atoms with Crippen molar-refractivity contribution in [1.82, 2.24) is 15.1 Å². The number of hydrogen-bond donors (Lipinski definition) is 1. The molecule has 32 heavy (non-hydrogen) atoms. The first-order valence-corrected chi connectivity index (χ1v) is 10.4. The number of benzene rings is 2. The molecule has 0 radical (unpaired) electrons. The lowest BCUT2D eigenvalue weighted by molar-refractivity contribution is -0.122. The Morgan fingerprint density at radius 2 is 2.06 bits per heavy atom. The summed E-state index contributed by atoms with van der Waals surface area (Å²) in [5.74, 6) is -0.222. The van der Waals surface area contributed by atoms with Crippen molar-refractivity contribution in [2.45, 2.75) is 25.4 Å². The number of amides is 1. The molecule has 0 bridgehead atoms. The smallest absolute Gasteiger partial charge is 0.227 e. The number of nitrogens with one attached hydrogen (secondary N) is 1. The Morgan fingerprint density at radius 1 is 1.31 bits per heavy atom. The van der Waals surface area contributed by atoms with Gasteiger partial charge in [-0.05, 0) is 47.9 Å². The van der Waals surface area contributed by atoms with Gasteiger partial charge in [0.15, 0.2) is 0 Å². The maximum absolute atomic E-state index is 12.5. The molecular formula is C24H23ClN4O3. The Bertz CT molecular complexity index is 1150. The Kier molecular flexibility index (Phi) is 7.63. The van der Waals surface area contributed by atoms with Crippen molar-refractivity contribution >= 4 is 23.8 Å². The van der Waals surface area contributed by atoms with Gasteiger partial charge in [-0.2, -0.15) is 10.4 Å². The summed E-state index contributed by atoms with van der Waals surface area (Å²) in [6.07, 6.45) is 3.13. The highest BCUT2D eigenvalue weighted by Gasteiger charge is 2.24. The van der Waals surface area contributed by atoms with Crippen molar-refractivity contribution < 1.29 is 14.3 Å². The van der Waals surface area contributed by atoms with Gasteiger partial charge in [-0.15, -0.1) is 0 Å². The standard InChI is InChI=1S/C24H23ClN4O3/c1-27-24(31)20(4-3-11-30)22-13-16(14-26)12-21(23(22)25)17-5-7-19(8-6-17)32-15-18-9-10-29(2)28-18/h5-13,20H,3-4,15H2,1-2H3,(H,27,31). The van der Waals surface area contributed by atoms with E-state index in [1.165, 1.54) is 7.05 Å². The fourth-order valence-corrected chi connectivity index (χ4v) is 3.79. The molecule has 0 aliphatic rings. The van der Waals surface area contributed by atoms with Gasteiger partial charge in [-0.3, -0.25) is 9.48 Å². The topological polar surface area (TPSA) is 97.0 Å². The van der Waals surface area contributed by atoms with Crippen molar-refractivity contribution in [2.24, 2.45) is 7.05 Å². The number of ether oxygens (including phenoxy) is 1. The summed E-state index contributed by atoms with van der Waals surface area (Å²) in [6.45, 7) is 0.347. The molecule has 3 aromatic rings. The average Bonchev–Trinajstić information content (AvgIpc) is 3.24. The molecule has 0 saturated carbocycles. The van der Waals surface area contributed by atoms with Gasteiger partial charge in [0, 0.05) is 32.3 Å². The van der Waals surface area contributed by atoms with E-state index < -0.39 is 5.92 Å². The molecule has 0 spiro atoms. The zero-order valence-corrected chi connectivity index (χ0v) is 18.6. The first kappa shape index (κ1) is 23.0. The number of nitriles is 1. The van der Waals surface area contributed by atoms with E-state index in [9.17, 15) is 14.9 Å². The Labute approximate surface area is 191 Å². The van der Waals surface area contributed by atoms with Gasteiger partial charge in [-0.25, -0.2) is 0 Å². The predicted molar refractivity (Wildman–Crippen MR) is 121 cm³/mol. The van der Waals surface area contributed by atoms with Crippen LogP contribution in [0.25, 0.3) is 11.1 Å². The molecule has 8 heteroatoms. The summed E-state index contributed by atoms with van der Waals surface area (Å²) in [5, 5.41) is 16.8. The number of halogens is 1. The second kappa shape index (κ2) is 10.6. The second-order valence-corrected chi connectivity index (χ2v) is 7.62. The van der Waals surface area contributed by atoms with Crippen LogP contribution in [0.1, 0.15) is 35.6 Å². The lowest BCUT2D eigenvalue weighted by Gasteiger charge is -2.19. The Balaban J connectivity index is 1.91. The van der Waals surface area contributed by atoms with Crippen LogP contribution in [0.15, 0.2) is 48.7 Å². The number of carbonyl (C=O) groups excluding carboxylic acids is 2. The van der Waals surface area contributed by atoms with Gasteiger partial charge in [0.05, 0.1) is 28.3 Å². The van der Waals surface area contributed by atoms with Crippen molar-refractivity contribution in [1.29, 1.82) is 5.26 Å². The van der Waals surface area contributed by atoms with Crippen LogP contribution in [0.5, 0.6) is 5.75 Å². The van der Waals surface area contributed by atoms with Crippen molar-refractivity contribution in [3.05, 3.63) is 70.5 Å². The molecule has 0 saturated heterocycles. The van der Waals surface area contributed by atoms with Crippen LogP contribution in [0.4, 0.5) is 0 Å². The number of hydrogen-bond acceptors (Lipinski definition) is 5. The van der Waals surface area contributed by atoms with Crippen LogP contribution in [-0.2, 0) is 23.2 Å². The van der Waals surface area contributed by atoms with Crippen molar-refractivity contribution in [2.75, 3.05) is 7.05 Å². The third kappa shape index (κ3) is 5.34. The van der Waals surface area contributed by atoms with Gasteiger partial charge in [0.25, 0.3) is 0 Å². The van der Waals surface area contributed by atoms with E-state index in [2.05, 4.69) is 16.5 Å². The maximum Gasteiger partial charge on any atom is 0.227 e. The molecule has 7 nitrogen and oxygen atoms in total. The molecule has 1 amide bonds.